The lowest BCUT2D eigenvalue weighted by atomic mass is 10.1. The highest BCUT2D eigenvalue weighted by Gasteiger charge is 2.18. The summed E-state index contributed by atoms with van der Waals surface area (Å²) in [4.78, 5) is 33.9. The molecule has 8 heteroatoms. The summed E-state index contributed by atoms with van der Waals surface area (Å²) in [5, 5.41) is 16.2. The molecule has 2 amide bonds. The minimum Gasteiger partial charge on any atom is -0.496 e. The van der Waals surface area contributed by atoms with E-state index in [2.05, 4.69) is 10.6 Å². The maximum Gasteiger partial charge on any atom is 0.270 e. The highest BCUT2D eigenvalue weighted by Crippen LogP contribution is 2.26. The number of methoxy groups -OCH3 is 1. The van der Waals surface area contributed by atoms with Crippen molar-refractivity contribution in [1.82, 2.24) is 0 Å². The SMILES string of the molecule is COc1ccc([N+](=O)[O-])cc1C(=O)Nc1ccc(NC(C)=O)c(C)c1. The van der Waals surface area contributed by atoms with Crippen molar-refractivity contribution in [3.05, 3.63) is 57.6 Å². The Morgan fingerprint density at radius 1 is 1.12 bits per heavy atom. The van der Waals surface area contributed by atoms with E-state index in [1.165, 1.54) is 26.2 Å². The van der Waals surface area contributed by atoms with Crippen LogP contribution < -0.4 is 15.4 Å². The summed E-state index contributed by atoms with van der Waals surface area (Å²) in [6.45, 7) is 3.19. The lowest BCUT2D eigenvalue weighted by molar-refractivity contribution is -0.384. The van der Waals surface area contributed by atoms with E-state index in [0.717, 1.165) is 11.6 Å². The second-order valence-corrected chi connectivity index (χ2v) is 5.31. The largest absolute Gasteiger partial charge is 0.496 e. The lowest BCUT2D eigenvalue weighted by Crippen LogP contribution is -2.14. The van der Waals surface area contributed by atoms with Crippen LogP contribution in [0, 0.1) is 17.0 Å². The molecule has 0 aliphatic heterocycles. The van der Waals surface area contributed by atoms with E-state index in [4.69, 9.17) is 4.74 Å². The topological polar surface area (TPSA) is 111 Å². The minimum atomic E-state index is -0.581. The van der Waals surface area contributed by atoms with E-state index in [1.807, 2.05) is 0 Å². The quantitative estimate of drug-likeness (QED) is 0.640. The van der Waals surface area contributed by atoms with E-state index in [1.54, 1.807) is 25.1 Å². The van der Waals surface area contributed by atoms with Gasteiger partial charge in [-0.1, -0.05) is 0 Å². The number of nitrogens with zero attached hydrogens (tertiary/aromatic N) is 1. The number of hydrogen-bond donors (Lipinski definition) is 2. The van der Waals surface area contributed by atoms with Crippen LogP contribution in [0.15, 0.2) is 36.4 Å². The fraction of sp³-hybridized carbons (Fsp3) is 0.176. The van der Waals surface area contributed by atoms with Crippen LogP contribution in [0.1, 0.15) is 22.8 Å². The van der Waals surface area contributed by atoms with Crippen molar-refractivity contribution in [3.8, 4) is 5.75 Å². The molecule has 0 aliphatic rings. The lowest BCUT2D eigenvalue weighted by Gasteiger charge is -2.12. The summed E-state index contributed by atoms with van der Waals surface area (Å²) in [5.41, 5.74) is 1.74. The van der Waals surface area contributed by atoms with Crippen LogP contribution in [-0.2, 0) is 4.79 Å². The summed E-state index contributed by atoms with van der Waals surface area (Å²) in [6, 6.07) is 8.77. The molecule has 0 atom stereocenters. The third kappa shape index (κ3) is 4.31. The molecule has 0 bridgehead atoms. The molecule has 130 valence electrons. The van der Waals surface area contributed by atoms with Crippen LogP contribution in [0.5, 0.6) is 5.75 Å². The Labute approximate surface area is 144 Å². The first-order valence-corrected chi connectivity index (χ1v) is 7.34. The molecule has 0 aromatic heterocycles. The Hall–Kier alpha value is -3.42. The monoisotopic (exact) mass is 343 g/mol. The van der Waals surface area contributed by atoms with Crippen molar-refractivity contribution in [1.29, 1.82) is 0 Å². The zero-order valence-electron chi connectivity index (χ0n) is 14.0. The van der Waals surface area contributed by atoms with Crippen LogP contribution >= 0.6 is 0 Å². The molecule has 2 aromatic rings. The van der Waals surface area contributed by atoms with Crippen LogP contribution in [0.4, 0.5) is 17.1 Å². The number of non-ortho nitro benzene ring substituents is 1. The molecule has 25 heavy (non-hydrogen) atoms. The Morgan fingerprint density at radius 2 is 1.84 bits per heavy atom. The van der Waals surface area contributed by atoms with Gasteiger partial charge in [-0.15, -0.1) is 0 Å². The summed E-state index contributed by atoms with van der Waals surface area (Å²) < 4.78 is 5.09. The molecule has 2 aromatic carbocycles. The predicted molar refractivity (Wildman–Crippen MR) is 93.1 cm³/mol. The average molecular weight is 343 g/mol. The molecule has 0 heterocycles. The highest BCUT2D eigenvalue weighted by atomic mass is 16.6. The molecule has 0 radical (unpaired) electrons. The molecular weight excluding hydrogens is 326 g/mol. The normalized spacial score (nSPS) is 10.0. The van der Waals surface area contributed by atoms with Crippen molar-refractivity contribution in [2.45, 2.75) is 13.8 Å². The second-order valence-electron chi connectivity index (χ2n) is 5.31. The summed E-state index contributed by atoms with van der Waals surface area (Å²) in [5.74, 6) is -0.497. The van der Waals surface area contributed by atoms with Gasteiger partial charge in [0.2, 0.25) is 5.91 Å². The molecule has 0 saturated carbocycles. The number of benzene rings is 2. The fourth-order valence-corrected chi connectivity index (χ4v) is 2.26. The molecular formula is C17H17N3O5. The van der Waals surface area contributed by atoms with E-state index in [9.17, 15) is 19.7 Å². The Morgan fingerprint density at radius 3 is 2.40 bits per heavy atom. The van der Waals surface area contributed by atoms with Gasteiger partial charge in [0.15, 0.2) is 0 Å². The third-order valence-corrected chi connectivity index (χ3v) is 3.43. The van der Waals surface area contributed by atoms with E-state index >= 15 is 0 Å². The average Bonchev–Trinajstić information content (AvgIpc) is 2.56. The van der Waals surface area contributed by atoms with Gasteiger partial charge < -0.3 is 15.4 Å². The number of hydrogen-bond acceptors (Lipinski definition) is 5. The number of nitro benzene ring substituents is 1. The van der Waals surface area contributed by atoms with Gasteiger partial charge in [0, 0.05) is 30.4 Å². The maximum absolute atomic E-state index is 12.5. The number of anilines is 2. The highest BCUT2D eigenvalue weighted by molar-refractivity contribution is 6.06. The van der Waals surface area contributed by atoms with Gasteiger partial charge in [-0.3, -0.25) is 19.7 Å². The fourth-order valence-electron chi connectivity index (χ4n) is 2.26. The predicted octanol–water partition coefficient (Wildman–Crippen LogP) is 3.12. The number of carbonyl (C=O) groups is 2. The first-order chi connectivity index (χ1) is 11.8. The minimum absolute atomic E-state index is 0.0558. The van der Waals surface area contributed by atoms with E-state index in [-0.39, 0.29) is 22.9 Å². The van der Waals surface area contributed by atoms with Crippen molar-refractivity contribution in [2.24, 2.45) is 0 Å². The van der Waals surface area contributed by atoms with Gasteiger partial charge in [-0.25, -0.2) is 0 Å². The van der Waals surface area contributed by atoms with Crippen LogP contribution in [-0.4, -0.2) is 23.8 Å². The van der Waals surface area contributed by atoms with Crippen molar-refractivity contribution in [2.75, 3.05) is 17.7 Å². The zero-order chi connectivity index (χ0) is 18.6. The van der Waals surface area contributed by atoms with Crippen molar-refractivity contribution >= 4 is 28.9 Å². The molecule has 8 nitrogen and oxygen atoms in total. The molecule has 0 saturated heterocycles. The number of amides is 2. The number of nitrogens with one attached hydrogen (secondary N) is 2. The summed E-state index contributed by atoms with van der Waals surface area (Å²) >= 11 is 0. The number of rotatable bonds is 5. The Balaban J connectivity index is 2.27. The maximum atomic E-state index is 12.5. The smallest absolute Gasteiger partial charge is 0.270 e. The van der Waals surface area contributed by atoms with Gasteiger partial charge >= 0.3 is 0 Å². The third-order valence-electron chi connectivity index (χ3n) is 3.43. The van der Waals surface area contributed by atoms with Crippen LogP contribution in [0.25, 0.3) is 0 Å². The Kier molecular flexibility index (Phi) is 5.33. The Bertz CT molecular complexity index is 848. The van der Waals surface area contributed by atoms with Gasteiger partial charge in [0.05, 0.1) is 17.6 Å². The standard InChI is InChI=1S/C17H17N3O5/c1-10-8-12(4-6-15(10)18-11(2)21)19-17(22)14-9-13(20(23)24)5-7-16(14)25-3/h4-9H,1-3H3,(H,18,21)(H,19,22). The van der Waals surface area contributed by atoms with E-state index in [0.29, 0.717) is 11.4 Å². The first-order valence-electron chi connectivity index (χ1n) is 7.34. The number of aryl methyl sites for hydroxylation is 1. The van der Waals surface area contributed by atoms with Gasteiger partial charge in [0.25, 0.3) is 11.6 Å². The summed E-state index contributed by atoms with van der Waals surface area (Å²) in [7, 11) is 1.38. The summed E-state index contributed by atoms with van der Waals surface area (Å²) in [6.07, 6.45) is 0. The molecule has 0 aliphatic carbocycles. The molecule has 0 spiro atoms. The molecule has 2 N–H and O–H groups in total. The van der Waals surface area contributed by atoms with Crippen LogP contribution in [0.3, 0.4) is 0 Å². The molecule has 2 rings (SSSR count). The van der Waals surface area contributed by atoms with Crippen molar-refractivity contribution in [3.63, 3.8) is 0 Å². The number of ether oxygens (including phenoxy) is 1. The van der Waals surface area contributed by atoms with Gasteiger partial charge in [0.1, 0.15) is 5.75 Å². The van der Waals surface area contributed by atoms with E-state index < -0.39 is 10.8 Å². The number of nitro groups is 1. The number of carbonyl (C=O) groups excluding carboxylic acids is 2. The van der Waals surface area contributed by atoms with Crippen LogP contribution in [0.2, 0.25) is 0 Å². The molecule has 0 unspecified atom stereocenters. The van der Waals surface area contributed by atoms with Gasteiger partial charge in [-0.05, 0) is 36.8 Å². The molecule has 0 fully saturated rings. The van der Waals surface area contributed by atoms with Crippen molar-refractivity contribution < 1.29 is 19.2 Å². The van der Waals surface area contributed by atoms with Gasteiger partial charge in [-0.2, -0.15) is 0 Å². The second kappa shape index (κ2) is 7.43. The first kappa shape index (κ1) is 17.9. The zero-order valence-corrected chi connectivity index (χ0v) is 14.0.